The van der Waals surface area contributed by atoms with Crippen LogP contribution in [-0.2, 0) is 16.8 Å². The minimum Gasteiger partial charge on any atom is -0.322 e. The number of para-hydroxylation sites is 1. The fourth-order valence-corrected chi connectivity index (χ4v) is 3.90. The van der Waals surface area contributed by atoms with E-state index in [1.165, 1.54) is 0 Å². The maximum Gasteiger partial charge on any atom is 0.277 e. The molecule has 1 aliphatic rings. The normalized spacial score (nSPS) is 16.4. The van der Waals surface area contributed by atoms with Crippen LogP contribution < -0.4 is 15.0 Å². The van der Waals surface area contributed by atoms with E-state index in [-0.39, 0.29) is 18.1 Å². The maximum absolute atomic E-state index is 12.0. The van der Waals surface area contributed by atoms with E-state index in [4.69, 9.17) is 0 Å². The van der Waals surface area contributed by atoms with Gasteiger partial charge in [0.05, 0.1) is 0 Å². The fourth-order valence-electron chi connectivity index (χ4n) is 2.80. The van der Waals surface area contributed by atoms with Gasteiger partial charge in [-0.25, -0.2) is 0 Å². The van der Waals surface area contributed by atoms with Crippen LogP contribution in [0.5, 0.6) is 0 Å². The standard InChI is InChI=1S/C15H19N3O3S/c19-15-12(9-11-5-1-4-8-14(11)17-15)10-16-22(20,21)18-13-6-2-3-7-13/h1,4-5,8-9,13,16,18H,2-3,6-7,10H2,(H,17,19). The molecule has 2 aromatic rings. The first-order valence-corrected chi connectivity index (χ1v) is 8.90. The first-order valence-electron chi connectivity index (χ1n) is 7.41. The number of nitrogens with one attached hydrogen (secondary N) is 3. The first kappa shape index (κ1) is 15.2. The second-order valence-corrected chi connectivity index (χ2v) is 7.17. The van der Waals surface area contributed by atoms with Gasteiger partial charge >= 0.3 is 0 Å². The molecular formula is C15H19N3O3S. The third kappa shape index (κ3) is 3.55. The highest BCUT2D eigenvalue weighted by Crippen LogP contribution is 2.18. The zero-order chi connectivity index (χ0) is 15.6. The topological polar surface area (TPSA) is 91.1 Å². The molecule has 1 saturated carbocycles. The van der Waals surface area contributed by atoms with E-state index in [1.807, 2.05) is 24.3 Å². The maximum atomic E-state index is 12.0. The van der Waals surface area contributed by atoms with Gasteiger partial charge < -0.3 is 4.98 Å². The molecule has 1 fully saturated rings. The lowest BCUT2D eigenvalue weighted by Gasteiger charge is -2.13. The summed E-state index contributed by atoms with van der Waals surface area (Å²) < 4.78 is 29.1. The number of hydrogen-bond donors (Lipinski definition) is 3. The molecule has 0 aliphatic heterocycles. The molecule has 0 bridgehead atoms. The quantitative estimate of drug-likeness (QED) is 0.777. The highest BCUT2D eigenvalue weighted by molar-refractivity contribution is 7.87. The molecule has 3 rings (SSSR count). The molecular weight excluding hydrogens is 302 g/mol. The lowest BCUT2D eigenvalue weighted by atomic mass is 10.1. The predicted octanol–water partition coefficient (Wildman–Crippen LogP) is 1.39. The van der Waals surface area contributed by atoms with Crippen LogP contribution in [0.4, 0.5) is 0 Å². The average molecular weight is 321 g/mol. The van der Waals surface area contributed by atoms with Crippen molar-refractivity contribution in [1.29, 1.82) is 0 Å². The van der Waals surface area contributed by atoms with Crippen molar-refractivity contribution in [2.45, 2.75) is 38.3 Å². The van der Waals surface area contributed by atoms with Crippen molar-refractivity contribution >= 4 is 21.1 Å². The number of hydrogen-bond acceptors (Lipinski definition) is 3. The van der Waals surface area contributed by atoms with Gasteiger partial charge in [-0.05, 0) is 30.4 Å². The van der Waals surface area contributed by atoms with Crippen LogP contribution >= 0.6 is 0 Å². The minimum atomic E-state index is -3.59. The molecule has 0 atom stereocenters. The van der Waals surface area contributed by atoms with E-state index in [2.05, 4.69) is 14.4 Å². The lowest BCUT2D eigenvalue weighted by Crippen LogP contribution is -2.41. The van der Waals surface area contributed by atoms with Crippen molar-refractivity contribution in [1.82, 2.24) is 14.4 Å². The van der Waals surface area contributed by atoms with E-state index in [0.29, 0.717) is 5.56 Å². The number of benzene rings is 1. The van der Waals surface area contributed by atoms with E-state index < -0.39 is 10.2 Å². The molecule has 3 N–H and O–H groups in total. The van der Waals surface area contributed by atoms with Crippen LogP contribution in [0.2, 0.25) is 0 Å². The summed E-state index contributed by atoms with van der Waals surface area (Å²) in [6, 6.07) is 9.12. The molecule has 1 aromatic heterocycles. The van der Waals surface area contributed by atoms with Crippen molar-refractivity contribution < 1.29 is 8.42 Å². The van der Waals surface area contributed by atoms with Gasteiger partial charge in [-0.1, -0.05) is 31.0 Å². The third-order valence-electron chi connectivity index (χ3n) is 3.96. The van der Waals surface area contributed by atoms with Gasteiger partial charge in [0, 0.05) is 23.7 Å². The predicted molar refractivity (Wildman–Crippen MR) is 85.7 cm³/mol. The van der Waals surface area contributed by atoms with E-state index >= 15 is 0 Å². The Kier molecular flexibility index (Phi) is 4.28. The Morgan fingerprint density at radius 1 is 1.18 bits per heavy atom. The molecule has 0 spiro atoms. The lowest BCUT2D eigenvalue weighted by molar-refractivity contribution is 0.538. The van der Waals surface area contributed by atoms with Crippen molar-refractivity contribution in [2.75, 3.05) is 0 Å². The highest BCUT2D eigenvalue weighted by atomic mass is 32.2. The van der Waals surface area contributed by atoms with Gasteiger partial charge in [0.2, 0.25) is 0 Å². The second kappa shape index (κ2) is 6.20. The van der Waals surface area contributed by atoms with Crippen molar-refractivity contribution in [3.05, 3.63) is 46.2 Å². The summed E-state index contributed by atoms with van der Waals surface area (Å²) in [6.45, 7) is -0.0256. The summed E-state index contributed by atoms with van der Waals surface area (Å²) in [7, 11) is -3.59. The summed E-state index contributed by atoms with van der Waals surface area (Å²) in [5, 5.41) is 0.875. The summed E-state index contributed by atoms with van der Waals surface area (Å²) >= 11 is 0. The van der Waals surface area contributed by atoms with Crippen LogP contribution in [0.25, 0.3) is 10.9 Å². The third-order valence-corrected chi connectivity index (χ3v) is 5.13. The van der Waals surface area contributed by atoms with Crippen molar-refractivity contribution in [3.8, 4) is 0 Å². The first-order chi connectivity index (χ1) is 10.5. The van der Waals surface area contributed by atoms with E-state index in [1.54, 1.807) is 6.07 Å². The largest absolute Gasteiger partial charge is 0.322 e. The average Bonchev–Trinajstić information content (AvgIpc) is 2.97. The zero-order valence-corrected chi connectivity index (χ0v) is 12.9. The molecule has 118 valence electrons. The number of H-pyrrole nitrogens is 1. The van der Waals surface area contributed by atoms with Gasteiger partial charge in [-0.15, -0.1) is 0 Å². The molecule has 0 radical (unpaired) electrons. The SMILES string of the molecule is O=c1[nH]c2ccccc2cc1CNS(=O)(=O)NC1CCCC1. The van der Waals surface area contributed by atoms with Gasteiger partial charge in [0.1, 0.15) is 0 Å². The number of aromatic amines is 1. The van der Waals surface area contributed by atoms with E-state index in [0.717, 1.165) is 36.6 Å². The Labute approximate surface area is 129 Å². The van der Waals surface area contributed by atoms with Crippen molar-refractivity contribution in [3.63, 3.8) is 0 Å². The van der Waals surface area contributed by atoms with Crippen LogP contribution in [-0.4, -0.2) is 19.4 Å². The molecule has 1 aromatic carbocycles. The summed E-state index contributed by atoms with van der Waals surface area (Å²) in [5.74, 6) is 0. The molecule has 1 heterocycles. The highest BCUT2D eigenvalue weighted by Gasteiger charge is 2.21. The minimum absolute atomic E-state index is 0.00684. The van der Waals surface area contributed by atoms with Crippen LogP contribution in [0.3, 0.4) is 0 Å². The Morgan fingerprint density at radius 2 is 1.91 bits per heavy atom. The Hall–Kier alpha value is -1.70. The molecule has 0 saturated heterocycles. The molecule has 1 aliphatic carbocycles. The molecule has 6 nitrogen and oxygen atoms in total. The Morgan fingerprint density at radius 3 is 2.68 bits per heavy atom. The number of fused-ring (bicyclic) bond motifs is 1. The molecule has 7 heteroatoms. The smallest absolute Gasteiger partial charge is 0.277 e. The summed E-state index contributed by atoms with van der Waals surface area (Å²) in [4.78, 5) is 14.7. The summed E-state index contributed by atoms with van der Waals surface area (Å²) in [5.41, 5.74) is 0.862. The van der Waals surface area contributed by atoms with Crippen LogP contribution in [0, 0.1) is 0 Å². The number of pyridine rings is 1. The van der Waals surface area contributed by atoms with Gasteiger partial charge in [0.25, 0.3) is 15.8 Å². The van der Waals surface area contributed by atoms with Crippen LogP contribution in [0.15, 0.2) is 35.1 Å². The number of rotatable bonds is 5. The monoisotopic (exact) mass is 321 g/mol. The fraction of sp³-hybridized carbons (Fsp3) is 0.400. The molecule has 0 unspecified atom stereocenters. The van der Waals surface area contributed by atoms with Crippen molar-refractivity contribution in [2.24, 2.45) is 0 Å². The Bertz CT molecular complexity index is 823. The molecule has 0 amide bonds. The molecule has 22 heavy (non-hydrogen) atoms. The van der Waals surface area contributed by atoms with E-state index in [9.17, 15) is 13.2 Å². The van der Waals surface area contributed by atoms with Crippen LogP contribution in [0.1, 0.15) is 31.2 Å². The summed E-state index contributed by atoms with van der Waals surface area (Å²) in [6.07, 6.45) is 3.85. The van der Waals surface area contributed by atoms with Gasteiger partial charge in [0.15, 0.2) is 0 Å². The second-order valence-electron chi connectivity index (χ2n) is 5.63. The Balaban J connectivity index is 1.72. The van der Waals surface area contributed by atoms with Gasteiger partial charge in [-0.3, -0.25) is 4.79 Å². The van der Waals surface area contributed by atoms with Gasteiger partial charge in [-0.2, -0.15) is 17.9 Å². The number of aromatic nitrogens is 1. The zero-order valence-electron chi connectivity index (χ0n) is 12.1.